The van der Waals surface area contributed by atoms with Gasteiger partial charge in [-0.1, -0.05) is 84.9 Å². The average molecular weight is 626 g/mol. The molecule has 3 aromatic carbocycles. The zero-order chi connectivity index (χ0) is 32.7. The zero-order valence-corrected chi connectivity index (χ0v) is 24.0. The molecule has 0 aliphatic rings. The molecule has 0 unspecified atom stereocenters. The minimum atomic E-state index is -5.08. The predicted molar refractivity (Wildman–Crippen MR) is 165 cm³/mol. The summed E-state index contributed by atoms with van der Waals surface area (Å²) in [4.78, 5) is 36.1. The Morgan fingerprint density at radius 2 is 1.48 bits per heavy atom. The van der Waals surface area contributed by atoms with Crippen molar-refractivity contribution < 1.29 is 27.9 Å². The number of amides is 1. The maximum absolute atomic E-state index is 13.3. The molecule has 1 amide bonds. The summed E-state index contributed by atoms with van der Waals surface area (Å²) >= 11 is 0. The van der Waals surface area contributed by atoms with Crippen LogP contribution in [0.5, 0.6) is 0 Å². The van der Waals surface area contributed by atoms with Crippen molar-refractivity contribution in [3.05, 3.63) is 120 Å². The molecule has 46 heavy (non-hydrogen) atoms. The molecule has 10 nitrogen and oxygen atoms in total. The number of rotatable bonds is 7. The molecule has 13 heteroatoms. The van der Waals surface area contributed by atoms with E-state index in [1.165, 1.54) is 0 Å². The van der Waals surface area contributed by atoms with E-state index in [9.17, 15) is 18.0 Å². The van der Waals surface area contributed by atoms with Crippen LogP contribution in [0.15, 0.2) is 103 Å². The highest BCUT2D eigenvalue weighted by Gasteiger charge is 2.38. The topological polar surface area (TPSA) is 160 Å². The smallest absolute Gasteiger partial charge is 0.475 e. The third kappa shape index (κ3) is 7.39. The number of alkyl halides is 3. The number of carboxylic acid groups (broad SMARTS) is 1. The molecule has 6 rings (SSSR count). The van der Waals surface area contributed by atoms with E-state index in [2.05, 4.69) is 25.5 Å². The van der Waals surface area contributed by atoms with Gasteiger partial charge in [0, 0.05) is 34.8 Å². The molecular weight excluding hydrogens is 599 g/mol. The molecule has 3 heterocycles. The van der Waals surface area contributed by atoms with Gasteiger partial charge in [-0.05, 0) is 23.3 Å². The summed E-state index contributed by atoms with van der Waals surface area (Å²) in [6.07, 6.45) is -3.48. The molecule has 0 aliphatic carbocycles. The Labute approximate surface area is 260 Å². The lowest BCUT2D eigenvalue weighted by Crippen LogP contribution is -2.24. The van der Waals surface area contributed by atoms with Gasteiger partial charge in [-0.2, -0.15) is 18.3 Å². The Hall–Kier alpha value is -5.95. The van der Waals surface area contributed by atoms with Crippen LogP contribution in [-0.2, 0) is 17.9 Å². The first-order valence-corrected chi connectivity index (χ1v) is 13.8. The molecule has 0 aliphatic heterocycles. The molecule has 5 N–H and O–H groups in total. The van der Waals surface area contributed by atoms with E-state index < -0.39 is 12.1 Å². The lowest BCUT2D eigenvalue weighted by atomic mass is 9.96. The van der Waals surface area contributed by atoms with Crippen molar-refractivity contribution in [2.24, 2.45) is 5.73 Å². The molecule has 0 saturated carbocycles. The number of carboxylic acids is 1. The first-order chi connectivity index (χ1) is 22.1. The van der Waals surface area contributed by atoms with Crippen LogP contribution in [0, 0.1) is 0 Å². The van der Waals surface area contributed by atoms with Crippen molar-refractivity contribution >= 4 is 22.8 Å². The predicted octanol–water partition coefficient (Wildman–Crippen LogP) is 5.77. The van der Waals surface area contributed by atoms with Crippen LogP contribution in [0.1, 0.15) is 21.9 Å². The quantitative estimate of drug-likeness (QED) is 0.174. The largest absolute Gasteiger partial charge is 0.490 e. The van der Waals surface area contributed by atoms with Crippen molar-refractivity contribution in [1.29, 1.82) is 0 Å². The Morgan fingerprint density at radius 3 is 2.09 bits per heavy atom. The van der Waals surface area contributed by atoms with E-state index in [-0.39, 0.29) is 12.5 Å². The highest BCUT2D eigenvalue weighted by Crippen LogP contribution is 2.34. The zero-order valence-electron chi connectivity index (χ0n) is 24.0. The van der Waals surface area contributed by atoms with Crippen molar-refractivity contribution in [2.75, 3.05) is 0 Å². The van der Waals surface area contributed by atoms with E-state index in [0.29, 0.717) is 34.8 Å². The monoisotopic (exact) mass is 625 g/mol. The normalized spacial score (nSPS) is 11.0. The fraction of sp³-hybridized carbons (Fsp3) is 0.0909. The van der Waals surface area contributed by atoms with Gasteiger partial charge >= 0.3 is 12.1 Å². The van der Waals surface area contributed by atoms with Crippen LogP contribution >= 0.6 is 0 Å². The molecule has 0 atom stereocenters. The Bertz CT molecular complexity index is 1960. The lowest BCUT2D eigenvalue weighted by Gasteiger charge is -2.13. The minimum absolute atomic E-state index is 0.182. The number of H-pyrrole nitrogens is 1. The average Bonchev–Trinajstić information content (AvgIpc) is 3.56. The van der Waals surface area contributed by atoms with Gasteiger partial charge in [0.1, 0.15) is 11.5 Å². The maximum atomic E-state index is 13.3. The highest BCUT2D eigenvalue weighted by molar-refractivity contribution is 6.06. The van der Waals surface area contributed by atoms with Gasteiger partial charge in [-0.25, -0.2) is 14.8 Å². The van der Waals surface area contributed by atoms with Crippen LogP contribution in [-0.4, -0.2) is 48.3 Å². The number of pyridine rings is 2. The van der Waals surface area contributed by atoms with Gasteiger partial charge in [0.25, 0.3) is 5.91 Å². The van der Waals surface area contributed by atoms with Gasteiger partial charge in [0.05, 0.1) is 17.8 Å². The third-order valence-corrected chi connectivity index (χ3v) is 6.73. The number of halogens is 3. The van der Waals surface area contributed by atoms with Gasteiger partial charge in [0.15, 0.2) is 5.82 Å². The summed E-state index contributed by atoms with van der Waals surface area (Å²) in [5.74, 6) is -1.95. The number of hydrogen-bond acceptors (Lipinski definition) is 7. The van der Waals surface area contributed by atoms with Crippen LogP contribution in [0.3, 0.4) is 0 Å². The Morgan fingerprint density at radius 1 is 0.848 bits per heavy atom. The van der Waals surface area contributed by atoms with E-state index in [4.69, 9.17) is 20.6 Å². The summed E-state index contributed by atoms with van der Waals surface area (Å²) < 4.78 is 31.7. The molecule has 0 fully saturated rings. The van der Waals surface area contributed by atoms with Gasteiger partial charge < -0.3 is 16.2 Å². The number of aromatic nitrogens is 5. The van der Waals surface area contributed by atoms with Crippen LogP contribution in [0.2, 0.25) is 0 Å². The molecule has 0 saturated heterocycles. The van der Waals surface area contributed by atoms with Crippen LogP contribution < -0.4 is 11.1 Å². The fourth-order valence-electron chi connectivity index (χ4n) is 4.47. The summed E-state index contributed by atoms with van der Waals surface area (Å²) in [7, 11) is 0. The second kappa shape index (κ2) is 13.8. The molecule has 0 spiro atoms. The molecular formula is C33H26F3N7O3. The number of carbonyl (C=O) groups is 2. The first-order valence-electron chi connectivity index (χ1n) is 13.8. The van der Waals surface area contributed by atoms with E-state index in [1.807, 2.05) is 97.1 Å². The summed E-state index contributed by atoms with van der Waals surface area (Å²) in [6, 6.07) is 31.6. The molecule has 232 valence electrons. The third-order valence-electron chi connectivity index (χ3n) is 6.73. The number of benzene rings is 3. The molecule has 0 radical (unpaired) electrons. The van der Waals surface area contributed by atoms with Crippen molar-refractivity contribution in [3.8, 4) is 33.8 Å². The van der Waals surface area contributed by atoms with Crippen molar-refractivity contribution in [2.45, 2.75) is 19.3 Å². The number of nitrogens with zero attached hydrogens (tertiary/aromatic N) is 4. The second-order valence-electron chi connectivity index (χ2n) is 9.84. The molecule has 0 bridgehead atoms. The number of nitrogens with two attached hydrogens (primary N) is 1. The SMILES string of the molecule is NCc1ccc(-c2nc3ccnc(C(=O)NCc4nc(-c5ccccc5)n[nH]4)c3cc2-c2ccccc2)cc1.O=C(O)C(F)(F)F. The number of nitrogens with one attached hydrogen (secondary N) is 2. The number of hydrogen-bond donors (Lipinski definition) is 4. The van der Waals surface area contributed by atoms with Gasteiger partial charge in [-0.15, -0.1) is 0 Å². The van der Waals surface area contributed by atoms with E-state index in [0.717, 1.165) is 33.5 Å². The summed E-state index contributed by atoms with van der Waals surface area (Å²) in [5.41, 5.74) is 12.4. The van der Waals surface area contributed by atoms with Gasteiger partial charge in [0.2, 0.25) is 0 Å². The van der Waals surface area contributed by atoms with Crippen LogP contribution in [0.25, 0.3) is 44.7 Å². The number of carbonyl (C=O) groups excluding carboxylic acids is 1. The number of fused-ring (bicyclic) bond motifs is 1. The van der Waals surface area contributed by atoms with E-state index in [1.54, 1.807) is 6.20 Å². The molecule has 6 aromatic rings. The highest BCUT2D eigenvalue weighted by atomic mass is 19.4. The van der Waals surface area contributed by atoms with Crippen molar-refractivity contribution in [3.63, 3.8) is 0 Å². The van der Waals surface area contributed by atoms with Crippen molar-refractivity contribution in [1.82, 2.24) is 30.5 Å². The lowest BCUT2D eigenvalue weighted by molar-refractivity contribution is -0.192. The first kappa shape index (κ1) is 31.5. The maximum Gasteiger partial charge on any atom is 0.490 e. The minimum Gasteiger partial charge on any atom is -0.475 e. The second-order valence-corrected chi connectivity index (χ2v) is 9.84. The van der Waals surface area contributed by atoms with E-state index >= 15 is 0 Å². The van der Waals surface area contributed by atoms with Crippen LogP contribution in [0.4, 0.5) is 13.2 Å². The standard InChI is InChI=1S/C31H25N7O.C2HF3O2/c32-18-20-11-13-22(14-12-20)28-24(21-7-3-1-4-8-21)17-25-26(35-28)15-16-33-29(25)31(39)34-19-27-36-30(38-37-27)23-9-5-2-6-10-23;3-2(4,5)1(6)7/h1-17H,18-19,32H2,(H,34,39)(H,36,37,38);(H,6,7). The molecule has 3 aromatic heterocycles. The number of aliphatic carboxylic acids is 1. The summed E-state index contributed by atoms with van der Waals surface area (Å²) in [6.45, 7) is 0.657. The number of aromatic amines is 1. The fourth-order valence-corrected chi connectivity index (χ4v) is 4.47. The van der Waals surface area contributed by atoms with Gasteiger partial charge in [-0.3, -0.25) is 14.9 Å². The Balaban J connectivity index is 0.000000537. The summed E-state index contributed by atoms with van der Waals surface area (Å²) in [5, 5.41) is 17.9. The Kier molecular flexibility index (Phi) is 9.43.